The lowest BCUT2D eigenvalue weighted by molar-refractivity contribution is -0.137. The number of methoxy groups -OCH3 is 1. The van der Waals surface area contributed by atoms with Gasteiger partial charge in [0.05, 0.1) is 13.7 Å². The van der Waals surface area contributed by atoms with E-state index in [9.17, 15) is 4.79 Å². The largest absolute Gasteiger partial charge is 0.497 e. The Bertz CT molecular complexity index is 728. The van der Waals surface area contributed by atoms with E-state index in [1.807, 2.05) is 6.07 Å². The Kier molecular flexibility index (Phi) is 3.76. The van der Waals surface area contributed by atoms with Gasteiger partial charge in [0.15, 0.2) is 0 Å². The van der Waals surface area contributed by atoms with E-state index in [-0.39, 0.29) is 5.92 Å². The minimum atomic E-state index is 0.259. The van der Waals surface area contributed by atoms with Crippen molar-refractivity contribution in [2.45, 2.75) is 45.1 Å². The maximum atomic E-state index is 12.8. The molecule has 2 aromatic rings. The summed E-state index contributed by atoms with van der Waals surface area (Å²) in [6.45, 7) is 1.56. The lowest BCUT2D eigenvalue weighted by Crippen LogP contribution is -2.40. The highest BCUT2D eigenvalue weighted by Gasteiger charge is 2.29. The summed E-state index contributed by atoms with van der Waals surface area (Å²) in [6, 6.07) is 6.15. The van der Waals surface area contributed by atoms with Gasteiger partial charge in [-0.1, -0.05) is 19.3 Å². The van der Waals surface area contributed by atoms with Gasteiger partial charge in [0.1, 0.15) is 5.75 Å². The molecular formula is C19H24N2O2. The first-order chi connectivity index (χ1) is 11.3. The van der Waals surface area contributed by atoms with Gasteiger partial charge in [-0.05, 0) is 43.0 Å². The molecule has 0 spiro atoms. The van der Waals surface area contributed by atoms with Crippen LogP contribution >= 0.6 is 0 Å². The molecule has 4 nitrogen and oxygen atoms in total. The van der Waals surface area contributed by atoms with Crippen molar-refractivity contribution < 1.29 is 9.53 Å². The van der Waals surface area contributed by atoms with E-state index in [4.69, 9.17) is 4.74 Å². The Balaban J connectivity index is 1.58. The summed E-state index contributed by atoms with van der Waals surface area (Å²) in [5, 5.41) is 1.24. The van der Waals surface area contributed by atoms with Crippen molar-refractivity contribution in [1.82, 2.24) is 9.88 Å². The zero-order valence-electron chi connectivity index (χ0n) is 13.7. The summed E-state index contributed by atoms with van der Waals surface area (Å²) >= 11 is 0. The van der Waals surface area contributed by atoms with Crippen molar-refractivity contribution in [2.24, 2.45) is 5.92 Å². The molecule has 1 N–H and O–H groups in total. The third-order valence-corrected chi connectivity index (χ3v) is 5.45. The molecule has 1 aliphatic heterocycles. The van der Waals surface area contributed by atoms with Crippen molar-refractivity contribution in [2.75, 3.05) is 13.7 Å². The molecule has 4 heteroatoms. The van der Waals surface area contributed by atoms with E-state index in [1.165, 1.54) is 35.9 Å². The molecule has 4 rings (SSSR count). The van der Waals surface area contributed by atoms with Crippen molar-refractivity contribution in [3.05, 3.63) is 29.5 Å². The van der Waals surface area contributed by atoms with Crippen LogP contribution in [-0.2, 0) is 17.8 Å². The second kappa shape index (κ2) is 5.91. The average molecular weight is 312 g/mol. The van der Waals surface area contributed by atoms with Crippen molar-refractivity contribution in [3.8, 4) is 5.75 Å². The van der Waals surface area contributed by atoms with Gasteiger partial charge in [0.2, 0.25) is 5.91 Å². The second-order valence-electron chi connectivity index (χ2n) is 6.84. The monoisotopic (exact) mass is 312 g/mol. The van der Waals surface area contributed by atoms with Crippen LogP contribution in [0.2, 0.25) is 0 Å². The molecule has 2 heterocycles. The second-order valence-corrected chi connectivity index (χ2v) is 6.84. The number of aromatic nitrogens is 1. The molecule has 2 aliphatic rings. The van der Waals surface area contributed by atoms with Crippen LogP contribution in [0.15, 0.2) is 18.2 Å². The van der Waals surface area contributed by atoms with E-state index < -0.39 is 0 Å². The van der Waals surface area contributed by atoms with Gasteiger partial charge in [-0.3, -0.25) is 4.79 Å². The quantitative estimate of drug-likeness (QED) is 0.920. The molecule has 1 aromatic carbocycles. The number of aromatic amines is 1. The van der Waals surface area contributed by atoms with Crippen LogP contribution < -0.4 is 4.74 Å². The van der Waals surface area contributed by atoms with Crippen molar-refractivity contribution >= 4 is 16.8 Å². The fourth-order valence-electron chi connectivity index (χ4n) is 4.14. The standard InChI is InChI=1S/C19H24N2O2/c1-23-14-7-8-17-16(11-14)15-9-10-21(12-18(15)20-17)19(22)13-5-3-2-4-6-13/h7-8,11,13,20H,2-6,9-10,12H2,1H3. The third-order valence-electron chi connectivity index (χ3n) is 5.45. The first-order valence-electron chi connectivity index (χ1n) is 8.72. The number of hydrogen-bond donors (Lipinski definition) is 1. The maximum absolute atomic E-state index is 12.8. The fourth-order valence-corrected chi connectivity index (χ4v) is 4.14. The van der Waals surface area contributed by atoms with Crippen LogP contribution in [0.1, 0.15) is 43.4 Å². The van der Waals surface area contributed by atoms with E-state index in [0.29, 0.717) is 5.91 Å². The van der Waals surface area contributed by atoms with Gasteiger partial charge in [0, 0.05) is 29.1 Å². The normalized spacial score (nSPS) is 18.9. The molecule has 1 aromatic heterocycles. The van der Waals surface area contributed by atoms with Gasteiger partial charge in [-0.15, -0.1) is 0 Å². The van der Waals surface area contributed by atoms with Crippen LogP contribution in [0.5, 0.6) is 5.75 Å². The number of hydrogen-bond acceptors (Lipinski definition) is 2. The Morgan fingerprint density at radius 3 is 2.87 bits per heavy atom. The number of carbonyl (C=O) groups is 1. The minimum absolute atomic E-state index is 0.259. The predicted octanol–water partition coefficient (Wildman–Crippen LogP) is 3.64. The summed E-state index contributed by atoms with van der Waals surface area (Å²) < 4.78 is 5.34. The molecule has 1 amide bonds. The summed E-state index contributed by atoms with van der Waals surface area (Å²) in [5.74, 6) is 1.52. The smallest absolute Gasteiger partial charge is 0.226 e. The summed E-state index contributed by atoms with van der Waals surface area (Å²) in [4.78, 5) is 18.3. The highest BCUT2D eigenvalue weighted by molar-refractivity contribution is 5.87. The highest BCUT2D eigenvalue weighted by atomic mass is 16.5. The molecule has 1 aliphatic carbocycles. The van der Waals surface area contributed by atoms with Crippen molar-refractivity contribution in [3.63, 3.8) is 0 Å². The molecule has 1 saturated carbocycles. The zero-order chi connectivity index (χ0) is 15.8. The number of nitrogens with zero attached hydrogens (tertiary/aromatic N) is 1. The Morgan fingerprint density at radius 2 is 2.09 bits per heavy atom. The molecule has 122 valence electrons. The minimum Gasteiger partial charge on any atom is -0.497 e. The van der Waals surface area contributed by atoms with Crippen molar-refractivity contribution in [1.29, 1.82) is 0 Å². The SMILES string of the molecule is COc1ccc2[nH]c3c(c2c1)CCN(C(=O)C1CCCCC1)C3. The lowest BCUT2D eigenvalue weighted by atomic mass is 9.87. The molecule has 0 atom stereocenters. The molecule has 0 saturated heterocycles. The molecule has 0 bridgehead atoms. The topological polar surface area (TPSA) is 45.3 Å². The first-order valence-corrected chi connectivity index (χ1v) is 8.72. The summed E-state index contributed by atoms with van der Waals surface area (Å²) in [6.07, 6.45) is 6.79. The molecule has 23 heavy (non-hydrogen) atoms. The number of ether oxygens (including phenoxy) is 1. The summed E-state index contributed by atoms with van der Waals surface area (Å²) in [7, 11) is 1.70. The number of carbonyl (C=O) groups excluding carboxylic acids is 1. The number of benzene rings is 1. The molecule has 1 fully saturated rings. The zero-order valence-corrected chi connectivity index (χ0v) is 13.7. The fraction of sp³-hybridized carbons (Fsp3) is 0.526. The van der Waals surface area contributed by atoms with Gasteiger partial charge in [0.25, 0.3) is 0 Å². The highest BCUT2D eigenvalue weighted by Crippen LogP contribution is 2.32. The average Bonchev–Trinajstić information content (AvgIpc) is 2.98. The Hall–Kier alpha value is -1.97. The maximum Gasteiger partial charge on any atom is 0.226 e. The van der Waals surface area contributed by atoms with E-state index in [2.05, 4.69) is 22.0 Å². The lowest BCUT2D eigenvalue weighted by Gasteiger charge is -2.32. The number of nitrogens with one attached hydrogen (secondary N) is 1. The van der Waals surface area contributed by atoms with E-state index in [1.54, 1.807) is 7.11 Å². The van der Waals surface area contributed by atoms with Gasteiger partial charge < -0.3 is 14.6 Å². The van der Waals surface area contributed by atoms with Crippen LogP contribution in [0.25, 0.3) is 10.9 Å². The molecular weight excluding hydrogens is 288 g/mol. The molecule has 0 radical (unpaired) electrons. The van der Waals surface area contributed by atoms with Gasteiger partial charge >= 0.3 is 0 Å². The first kappa shape index (κ1) is 14.6. The van der Waals surface area contributed by atoms with Crippen LogP contribution in [0.4, 0.5) is 0 Å². The number of H-pyrrole nitrogens is 1. The molecule has 0 unspecified atom stereocenters. The van der Waals surface area contributed by atoms with Crippen LogP contribution in [-0.4, -0.2) is 29.4 Å². The Labute approximate surface area is 136 Å². The Morgan fingerprint density at radius 1 is 1.26 bits per heavy atom. The van der Waals surface area contributed by atoms with Crippen LogP contribution in [0.3, 0.4) is 0 Å². The third kappa shape index (κ3) is 2.60. The number of rotatable bonds is 2. The van der Waals surface area contributed by atoms with Crippen LogP contribution in [0, 0.1) is 5.92 Å². The number of amides is 1. The van der Waals surface area contributed by atoms with Gasteiger partial charge in [-0.25, -0.2) is 0 Å². The predicted molar refractivity (Wildman–Crippen MR) is 90.5 cm³/mol. The van der Waals surface area contributed by atoms with E-state index >= 15 is 0 Å². The summed E-state index contributed by atoms with van der Waals surface area (Å²) in [5.41, 5.74) is 3.69. The van der Waals surface area contributed by atoms with E-state index in [0.717, 1.165) is 43.6 Å². The van der Waals surface area contributed by atoms with Gasteiger partial charge in [-0.2, -0.15) is 0 Å². The number of fused-ring (bicyclic) bond motifs is 3.